The van der Waals surface area contributed by atoms with Gasteiger partial charge in [0.2, 0.25) is 0 Å². The lowest BCUT2D eigenvalue weighted by Crippen LogP contribution is -2.26. The maximum absolute atomic E-state index is 12.5. The van der Waals surface area contributed by atoms with E-state index in [4.69, 9.17) is 16.1 Å². The number of carbonyl (C=O) groups is 1. The highest BCUT2D eigenvalue weighted by molar-refractivity contribution is 6.30. The van der Waals surface area contributed by atoms with Crippen molar-refractivity contribution >= 4 is 17.5 Å². The molecule has 0 saturated heterocycles. The SMILES string of the molecule is Cc1noc(-c2ccc(C(=O)N(C)Cc3cccc(Cl)c3)cc2)n1. The maximum atomic E-state index is 12.5. The second kappa shape index (κ2) is 6.84. The Kier molecular flexibility index (Phi) is 4.62. The van der Waals surface area contributed by atoms with Gasteiger partial charge in [-0.1, -0.05) is 28.9 Å². The first-order valence-electron chi connectivity index (χ1n) is 7.43. The lowest BCUT2D eigenvalue weighted by atomic mass is 10.1. The van der Waals surface area contributed by atoms with Gasteiger partial charge in [-0.05, 0) is 48.9 Å². The van der Waals surface area contributed by atoms with Crippen molar-refractivity contribution in [3.8, 4) is 11.5 Å². The fraction of sp³-hybridized carbons (Fsp3) is 0.167. The number of amides is 1. The van der Waals surface area contributed by atoms with Crippen LogP contribution in [0.2, 0.25) is 5.02 Å². The first kappa shape index (κ1) is 16.2. The van der Waals surface area contributed by atoms with Crippen LogP contribution in [0.3, 0.4) is 0 Å². The van der Waals surface area contributed by atoms with Gasteiger partial charge in [0.05, 0.1) is 0 Å². The van der Waals surface area contributed by atoms with Crippen LogP contribution in [0.1, 0.15) is 21.7 Å². The van der Waals surface area contributed by atoms with Crippen molar-refractivity contribution in [2.45, 2.75) is 13.5 Å². The van der Waals surface area contributed by atoms with Gasteiger partial charge in [-0.2, -0.15) is 4.98 Å². The zero-order valence-electron chi connectivity index (χ0n) is 13.4. The molecule has 5 nitrogen and oxygen atoms in total. The van der Waals surface area contributed by atoms with Crippen LogP contribution in [0.4, 0.5) is 0 Å². The summed E-state index contributed by atoms with van der Waals surface area (Å²) in [6.45, 7) is 2.25. The molecule has 0 unspecified atom stereocenters. The molecular formula is C18H16ClN3O2. The molecule has 3 aromatic rings. The van der Waals surface area contributed by atoms with E-state index in [-0.39, 0.29) is 5.91 Å². The van der Waals surface area contributed by atoms with Gasteiger partial charge >= 0.3 is 0 Å². The Bertz CT molecular complexity index is 859. The van der Waals surface area contributed by atoms with Crippen molar-refractivity contribution in [3.05, 3.63) is 70.5 Å². The van der Waals surface area contributed by atoms with Crippen LogP contribution in [0, 0.1) is 6.92 Å². The van der Waals surface area contributed by atoms with Crippen LogP contribution < -0.4 is 0 Å². The standard InChI is InChI=1S/C18H16ClN3O2/c1-12-20-17(24-21-12)14-6-8-15(9-7-14)18(23)22(2)11-13-4-3-5-16(19)10-13/h3-10H,11H2,1-2H3. The molecule has 0 saturated carbocycles. The summed E-state index contributed by atoms with van der Waals surface area (Å²) in [5.74, 6) is 0.952. The Labute approximate surface area is 144 Å². The average molecular weight is 342 g/mol. The highest BCUT2D eigenvalue weighted by Crippen LogP contribution is 2.19. The van der Waals surface area contributed by atoms with Gasteiger partial charge in [-0.3, -0.25) is 4.79 Å². The second-order valence-electron chi connectivity index (χ2n) is 5.52. The zero-order valence-corrected chi connectivity index (χ0v) is 14.1. The molecule has 3 rings (SSSR count). The molecule has 1 heterocycles. The van der Waals surface area contributed by atoms with Crippen LogP contribution in [0.25, 0.3) is 11.5 Å². The fourth-order valence-electron chi connectivity index (χ4n) is 2.37. The summed E-state index contributed by atoms with van der Waals surface area (Å²) in [6, 6.07) is 14.6. The lowest BCUT2D eigenvalue weighted by Gasteiger charge is -2.17. The van der Waals surface area contributed by atoms with E-state index < -0.39 is 0 Å². The van der Waals surface area contributed by atoms with Gasteiger partial charge in [-0.25, -0.2) is 0 Å². The second-order valence-corrected chi connectivity index (χ2v) is 5.95. The maximum Gasteiger partial charge on any atom is 0.257 e. The summed E-state index contributed by atoms with van der Waals surface area (Å²) in [6.07, 6.45) is 0. The lowest BCUT2D eigenvalue weighted by molar-refractivity contribution is 0.0785. The van der Waals surface area contributed by atoms with E-state index in [1.165, 1.54) is 0 Å². The fourth-order valence-corrected chi connectivity index (χ4v) is 2.58. The molecule has 6 heteroatoms. The Balaban J connectivity index is 1.72. The Hall–Kier alpha value is -2.66. The summed E-state index contributed by atoms with van der Waals surface area (Å²) < 4.78 is 5.12. The number of hydrogen-bond acceptors (Lipinski definition) is 4. The first-order chi connectivity index (χ1) is 11.5. The van der Waals surface area contributed by atoms with E-state index in [2.05, 4.69) is 10.1 Å². The van der Waals surface area contributed by atoms with Gasteiger partial charge in [0.1, 0.15) is 0 Å². The number of benzene rings is 2. The molecule has 0 spiro atoms. The molecule has 122 valence electrons. The molecule has 1 amide bonds. The van der Waals surface area contributed by atoms with E-state index in [1.807, 2.05) is 24.3 Å². The first-order valence-corrected chi connectivity index (χ1v) is 7.81. The number of halogens is 1. The normalized spacial score (nSPS) is 10.6. The highest BCUT2D eigenvalue weighted by Gasteiger charge is 2.13. The highest BCUT2D eigenvalue weighted by atomic mass is 35.5. The third-order valence-corrected chi connectivity index (χ3v) is 3.80. The summed E-state index contributed by atoms with van der Waals surface area (Å²) in [4.78, 5) is 18.3. The van der Waals surface area contributed by atoms with Gasteiger partial charge in [0, 0.05) is 29.7 Å². The molecule has 0 atom stereocenters. The number of aryl methyl sites for hydroxylation is 1. The molecule has 0 N–H and O–H groups in total. The van der Waals surface area contributed by atoms with E-state index in [0.29, 0.717) is 28.8 Å². The molecule has 0 fully saturated rings. The Morgan fingerprint density at radius 3 is 2.58 bits per heavy atom. The molecule has 0 bridgehead atoms. The minimum atomic E-state index is -0.0664. The van der Waals surface area contributed by atoms with Crippen molar-refractivity contribution in [1.82, 2.24) is 15.0 Å². The summed E-state index contributed by atoms with van der Waals surface area (Å²) >= 11 is 5.98. The number of nitrogens with zero attached hydrogens (tertiary/aromatic N) is 3. The summed E-state index contributed by atoms with van der Waals surface area (Å²) in [5, 5.41) is 4.42. The molecule has 1 aromatic heterocycles. The van der Waals surface area contributed by atoms with Crippen molar-refractivity contribution in [1.29, 1.82) is 0 Å². The number of carbonyl (C=O) groups excluding carboxylic acids is 1. The van der Waals surface area contributed by atoms with E-state index in [1.54, 1.807) is 43.1 Å². The molecule has 2 aromatic carbocycles. The monoisotopic (exact) mass is 341 g/mol. The molecule has 0 radical (unpaired) electrons. The van der Waals surface area contributed by atoms with E-state index in [9.17, 15) is 4.79 Å². The van der Waals surface area contributed by atoms with Crippen LogP contribution in [0.5, 0.6) is 0 Å². The average Bonchev–Trinajstić information content (AvgIpc) is 3.01. The third kappa shape index (κ3) is 3.63. The minimum Gasteiger partial charge on any atom is -0.337 e. The third-order valence-electron chi connectivity index (χ3n) is 3.56. The quantitative estimate of drug-likeness (QED) is 0.720. The minimum absolute atomic E-state index is 0.0664. The van der Waals surface area contributed by atoms with Crippen molar-refractivity contribution in [3.63, 3.8) is 0 Å². The van der Waals surface area contributed by atoms with Gasteiger partial charge < -0.3 is 9.42 Å². The Morgan fingerprint density at radius 2 is 1.96 bits per heavy atom. The molecule has 24 heavy (non-hydrogen) atoms. The molecule has 0 aliphatic carbocycles. The van der Waals surface area contributed by atoms with E-state index >= 15 is 0 Å². The van der Waals surface area contributed by atoms with Crippen LogP contribution in [-0.4, -0.2) is 28.0 Å². The van der Waals surface area contributed by atoms with Crippen LogP contribution in [0.15, 0.2) is 53.1 Å². The van der Waals surface area contributed by atoms with Gasteiger partial charge in [-0.15, -0.1) is 0 Å². The largest absolute Gasteiger partial charge is 0.337 e. The van der Waals surface area contributed by atoms with Crippen LogP contribution in [-0.2, 0) is 6.54 Å². The summed E-state index contributed by atoms with van der Waals surface area (Å²) in [7, 11) is 1.76. The summed E-state index contributed by atoms with van der Waals surface area (Å²) in [5.41, 5.74) is 2.36. The number of hydrogen-bond donors (Lipinski definition) is 0. The van der Waals surface area contributed by atoms with Gasteiger partial charge in [0.25, 0.3) is 11.8 Å². The molecular weight excluding hydrogens is 326 g/mol. The topological polar surface area (TPSA) is 59.2 Å². The number of rotatable bonds is 4. The van der Waals surface area contributed by atoms with Crippen molar-refractivity contribution in [2.75, 3.05) is 7.05 Å². The van der Waals surface area contributed by atoms with Crippen molar-refractivity contribution < 1.29 is 9.32 Å². The molecule has 0 aliphatic rings. The predicted octanol–water partition coefficient (Wildman–Crippen LogP) is 3.97. The van der Waals surface area contributed by atoms with Gasteiger partial charge in [0.15, 0.2) is 5.82 Å². The predicted molar refractivity (Wildman–Crippen MR) is 91.7 cm³/mol. The van der Waals surface area contributed by atoms with Crippen molar-refractivity contribution in [2.24, 2.45) is 0 Å². The Morgan fingerprint density at radius 1 is 1.21 bits per heavy atom. The van der Waals surface area contributed by atoms with E-state index in [0.717, 1.165) is 11.1 Å². The molecule has 0 aliphatic heterocycles. The van der Waals surface area contributed by atoms with Crippen LogP contribution >= 0.6 is 11.6 Å². The number of aromatic nitrogens is 2. The smallest absolute Gasteiger partial charge is 0.257 e. The zero-order chi connectivity index (χ0) is 17.1.